The molecule has 20 heavy (non-hydrogen) atoms. The number of hydrogen-bond acceptors (Lipinski definition) is 3. The Morgan fingerprint density at radius 1 is 1.40 bits per heavy atom. The van der Waals surface area contributed by atoms with Crippen LogP contribution in [0.3, 0.4) is 0 Å². The number of benzene rings is 1. The maximum absolute atomic E-state index is 13.3. The minimum absolute atomic E-state index is 0.143. The van der Waals surface area contributed by atoms with Gasteiger partial charge in [0.25, 0.3) is 0 Å². The summed E-state index contributed by atoms with van der Waals surface area (Å²) < 4.78 is 13.3. The molecule has 1 aliphatic heterocycles. The van der Waals surface area contributed by atoms with Gasteiger partial charge in [-0.1, -0.05) is 13.0 Å². The summed E-state index contributed by atoms with van der Waals surface area (Å²) in [5.74, 6) is 0.342. The van der Waals surface area contributed by atoms with Crippen LogP contribution >= 0.6 is 0 Å². The maximum atomic E-state index is 13.3. The number of piperidine rings is 1. The van der Waals surface area contributed by atoms with Crippen LogP contribution in [-0.4, -0.2) is 31.1 Å². The molecule has 0 bridgehead atoms. The molecular weight excluding hydrogens is 253 g/mol. The van der Waals surface area contributed by atoms with Gasteiger partial charge in [0.15, 0.2) is 0 Å². The summed E-state index contributed by atoms with van der Waals surface area (Å²) >= 11 is 0. The summed E-state index contributed by atoms with van der Waals surface area (Å²) in [5.41, 5.74) is 1.16. The number of rotatable bonds is 5. The lowest BCUT2D eigenvalue weighted by molar-refractivity contribution is 0.176. The van der Waals surface area contributed by atoms with Crippen molar-refractivity contribution in [3.63, 3.8) is 0 Å². The lowest BCUT2D eigenvalue weighted by atomic mass is 9.96. The molecule has 0 aromatic heterocycles. The smallest absolute Gasteiger partial charge is 0.140 e. The first-order chi connectivity index (χ1) is 9.72. The fraction of sp³-hybridized carbons (Fsp3) is 0.562. The van der Waals surface area contributed by atoms with Crippen LogP contribution in [0.15, 0.2) is 18.2 Å². The highest BCUT2D eigenvalue weighted by molar-refractivity contribution is 5.34. The first-order valence-corrected chi connectivity index (χ1v) is 7.34. The molecule has 0 atom stereocenters. The van der Waals surface area contributed by atoms with Crippen molar-refractivity contribution in [3.05, 3.63) is 35.1 Å². The fourth-order valence-electron chi connectivity index (χ4n) is 2.71. The summed E-state index contributed by atoms with van der Waals surface area (Å²) in [4.78, 5) is 2.39. The van der Waals surface area contributed by atoms with Gasteiger partial charge in [0.1, 0.15) is 11.9 Å². The minimum Gasteiger partial charge on any atom is -0.317 e. The highest BCUT2D eigenvalue weighted by atomic mass is 19.1. The summed E-state index contributed by atoms with van der Waals surface area (Å²) in [6, 6.07) is 6.74. The largest absolute Gasteiger partial charge is 0.317 e. The molecule has 1 saturated heterocycles. The quantitative estimate of drug-likeness (QED) is 0.897. The number of nitriles is 1. The van der Waals surface area contributed by atoms with Crippen molar-refractivity contribution in [2.45, 2.75) is 26.3 Å². The highest BCUT2D eigenvalue weighted by Crippen LogP contribution is 2.19. The molecule has 0 radical (unpaired) electrons. The number of halogens is 1. The van der Waals surface area contributed by atoms with Crippen LogP contribution < -0.4 is 5.32 Å². The van der Waals surface area contributed by atoms with Gasteiger partial charge in [-0.2, -0.15) is 5.26 Å². The second-order valence-electron chi connectivity index (χ2n) is 5.45. The molecule has 0 saturated carbocycles. The Morgan fingerprint density at radius 3 is 2.80 bits per heavy atom. The van der Waals surface area contributed by atoms with Crippen molar-refractivity contribution < 1.29 is 4.39 Å². The second-order valence-corrected chi connectivity index (χ2v) is 5.45. The SMILES string of the molecule is CCNCC1CCN(Cc2ccc(F)c(C#N)c2)CC1. The monoisotopic (exact) mass is 275 g/mol. The molecule has 1 fully saturated rings. The molecule has 1 heterocycles. The second kappa shape index (κ2) is 7.37. The molecule has 2 rings (SSSR count). The topological polar surface area (TPSA) is 39.1 Å². The van der Waals surface area contributed by atoms with Crippen LogP contribution in [0, 0.1) is 23.1 Å². The zero-order chi connectivity index (χ0) is 14.4. The van der Waals surface area contributed by atoms with E-state index in [2.05, 4.69) is 17.1 Å². The van der Waals surface area contributed by atoms with E-state index in [9.17, 15) is 4.39 Å². The van der Waals surface area contributed by atoms with E-state index in [4.69, 9.17) is 5.26 Å². The predicted octanol–water partition coefficient (Wildman–Crippen LogP) is 2.52. The zero-order valence-corrected chi connectivity index (χ0v) is 12.0. The van der Waals surface area contributed by atoms with E-state index in [1.807, 2.05) is 6.07 Å². The highest BCUT2D eigenvalue weighted by Gasteiger charge is 2.19. The molecule has 0 spiro atoms. The molecule has 0 amide bonds. The van der Waals surface area contributed by atoms with E-state index in [0.29, 0.717) is 0 Å². The molecule has 1 aromatic carbocycles. The van der Waals surface area contributed by atoms with Gasteiger partial charge < -0.3 is 5.32 Å². The van der Waals surface area contributed by atoms with Gasteiger partial charge in [0.2, 0.25) is 0 Å². The summed E-state index contributed by atoms with van der Waals surface area (Å²) in [6.45, 7) is 7.25. The Bertz CT molecular complexity index is 473. The average molecular weight is 275 g/mol. The van der Waals surface area contributed by atoms with Crippen LogP contribution in [0.5, 0.6) is 0 Å². The fourth-order valence-corrected chi connectivity index (χ4v) is 2.71. The molecule has 0 unspecified atom stereocenters. The van der Waals surface area contributed by atoms with Crippen molar-refractivity contribution in [3.8, 4) is 6.07 Å². The van der Waals surface area contributed by atoms with Gasteiger partial charge in [0, 0.05) is 6.54 Å². The normalized spacial score (nSPS) is 17.1. The Labute approximate surface area is 120 Å². The van der Waals surface area contributed by atoms with E-state index in [-0.39, 0.29) is 5.56 Å². The van der Waals surface area contributed by atoms with Gasteiger partial charge in [-0.05, 0) is 62.6 Å². The average Bonchev–Trinajstić information content (AvgIpc) is 2.48. The molecule has 1 N–H and O–H groups in total. The van der Waals surface area contributed by atoms with E-state index in [1.54, 1.807) is 12.1 Å². The Balaban J connectivity index is 1.85. The third-order valence-electron chi connectivity index (χ3n) is 3.95. The van der Waals surface area contributed by atoms with Gasteiger partial charge in [0.05, 0.1) is 5.56 Å². The van der Waals surface area contributed by atoms with Crippen LogP contribution in [-0.2, 0) is 6.54 Å². The van der Waals surface area contributed by atoms with Crippen molar-refractivity contribution in [1.82, 2.24) is 10.2 Å². The lowest BCUT2D eigenvalue weighted by Gasteiger charge is -2.32. The lowest BCUT2D eigenvalue weighted by Crippen LogP contribution is -2.36. The van der Waals surface area contributed by atoms with Gasteiger partial charge in [-0.15, -0.1) is 0 Å². The number of hydrogen-bond donors (Lipinski definition) is 1. The van der Waals surface area contributed by atoms with E-state index < -0.39 is 5.82 Å². The summed E-state index contributed by atoms with van der Waals surface area (Å²) in [6.07, 6.45) is 2.42. The molecule has 108 valence electrons. The third kappa shape index (κ3) is 4.03. The number of nitrogens with one attached hydrogen (secondary N) is 1. The van der Waals surface area contributed by atoms with Crippen LogP contribution in [0.4, 0.5) is 4.39 Å². The first kappa shape index (κ1) is 15.0. The number of nitrogens with zero attached hydrogens (tertiary/aromatic N) is 2. The van der Waals surface area contributed by atoms with Gasteiger partial charge in [-0.3, -0.25) is 4.90 Å². The maximum Gasteiger partial charge on any atom is 0.140 e. The molecule has 4 heteroatoms. The predicted molar refractivity (Wildman–Crippen MR) is 77.7 cm³/mol. The Kier molecular flexibility index (Phi) is 5.51. The van der Waals surface area contributed by atoms with Crippen LogP contribution in [0.1, 0.15) is 30.9 Å². The van der Waals surface area contributed by atoms with Crippen LogP contribution in [0.25, 0.3) is 0 Å². The Hall–Kier alpha value is -1.44. The van der Waals surface area contributed by atoms with E-state index in [1.165, 1.54) is 18.9 Å². The summed E-state index contributed by atoms with van der Waals surface area (Å²) in [7, 11) is 0. The van der Waals surface area contributed by atoms with Gasteiger partial charge in [-0.25, -0.2) is 4.39 Å². The Morgan fingerprint density at radius 2 is 2.15 bits per heavy atom. The third-order valence-corrected chi connectivity index (χ3v) is 3.95. The number of likely N-dealkylation sites (tertiary alicyclic amines) is 1. The molecule has 3 nitrogen and oxygen atoms in total. The molecular formula is C16H22FN3. The first-order valence-electron chi connectivity index (χ1n) is 7.34. The van der Waals surface area contributed by atoms with Crippen molar-refractivity contribution >= 4 is 0 Å². The van der Waals surface area contributed by atoms with Crippen LogP contribution in [0.2, 0.25) is 0 Å². The van der Waals surface area contributed by atoms with E-state index >= 15 is 0 Å². The molecule has 1 aliphatic rings. The summed E-state index contributed by atoms with van der Waals surface area (Å²) in [5, 5.41) is 12.3. The van der Waals surface area contributed by atoms with Crippen molar-refractivity contribution in [1.29, 1.82) is 5.26 Å². The zero-order valence-electron chi connectivity index (χ0n) is 12.0. The molecule has 0 aliphatic carbocycles. The van der Waals surface area contributed by atoms with E-state index in [0.717, 1.165) is 44.2 Å². The standard InChI is InChI=1S/C16H22FN3/c1-2-19-11-13-5-7-20(8-6-13)12-14-3-4-16(17)15(9-14)10-18/h3-4,9,13,19H,2,5-8,11-12H2,1H3. The molecule has 1 aromatic rings. The van der Waals surface area contributed by atoms with Crippen molar-refractivity contribution in [2.24, 2.45) is 5.92 Å². The van der Waals surface area contributed by atoms with Crippen molar-refractivity contribution in [2.75, 3.05) is 26.2 Å². The minimum atomic E-state index is -0.430. The van der Waals surface area contributed by atoms with Gasteiger partial charge >= 0.3 is 0 Å².